The molecular weight excluding hydrogens is 264 g/mol. The average molecular weight is 278 g/mol. The van der Waals surface area contributed by atoms with Crippen molar-refractivity contribution in [2.75, 3.05) is 6.61 Å². The summed E-state index contributed by atoms with van der Waals surface area (Å²) in [5, 5.41) is 0. The van der Waals surface area contributed by atoms with Crippen molar-refractivity contribution in [3.05, 3.63) is 29.8 Å². The highest BCUT2D eigenvalue weighted by molar-refractivity contribution is 7.86. The summed E-state index contributed by atoms with van der Waals surface area (Å²) in [6.45, 7) is 1.75. The van der Waals surface area contributed by atoms with E-state index in [1.807, 2.05) is 6.92 Å². The largest absolute Gasteiger partial charge is 0.297 e. The van der Waals surface area contributed by atoms with Crippen LogP contribution in [-0.4, -0.2) is 25.3 Å². The van der Waals surface area contributed by atoms with Gasteiger partial charge in [-0.05, 0) is 19.1 Å². The van der Waals surface area contributed by atoms with Gasteiger partial charge in [-0.3, -0.25) is 4.18 Å². The molecule has 0 fully saturated rings. The molecule has 1 aromatic carbocycles. The molecule has 0 aromatic heterocycles. The normalized spacial score (nSPS) is 10.1. The van der Waals surface area contributed by atoms with Gasteiger partial charge in [0.15, 0.2) is 0 Å². The van der Waals surface area contributed by atoms with Gasteiger partial charge in [-0.2, -0.15) is 8.42 Å². The average Bonchev–Trinajstić information content (AvgIpc) is 2.34. The zero-order valence-corrected chi connectivity index (χ0v) is 13.2. The van der Waals surface area contributed by atoms with E-state index in [0.717, 1.165) is 15.8 Å². The second-order valence-electron chi connectivity index (χ2n) is 3.49. The van der Waals surface area contributed by atoms with Gasteiger partial charge in [-0.15, -0.1) is 5.54 Å². The minimum atomic E-state index is -3.70. The third kappa shape index (κ3) is 4.76. The maximum atomic E-state index is 11.7. The smallest absolute Gasteiger partial charge is 0.253 e. The van der Waals surface area contributed by atoms with E-state index < -0.39 is 10.1 Å². The summed E-state index contributed by atoms with van der Waals surface area (Å²) in [6.07, 6.45) is 0.456. The molecule has 0 N–H and O–H groups in total. The van der Waals surface area contributed by atoms with E-state index in [4.69, 9.17) is 4.18 Å². The Morgan fingerprint density at radius 3 is 2.44 bits per heavy atom. The van der Waals surface area contributed by atoms with Crippen molar-refractivity contribution in [2.45, 2.75) is 18.2 Å². The van der Waals surface area contributed by atoms with Gasteiger partial charge in [0.2, 0.25) is 0 Å². The molecule has 5 heteroatoms. The summed E-state index contributed by atoms with van der Waals surface area (Å²) >= 11 is 0. The van der Waals surface area contributed by atoms with Crippen molar-refractivity contribution in [3.8, 4) is 23.3 Å². The minimum Gasteiger partial charge on any atom is -0.253 e. The molecule has 3 nitrogen and oxygen atoms in total. The maximum Gasteiger partial charge on any atom is 0.297 e. The van der Waals surface area contributed by atoms with Crippen LogP contribution >= 0.6 is 0 Å². The second-order valence-corrected chi connectivity index (χ2v) is 5.60. The van der Waals surface area contributed by atoms with Crippen molar-refractivity contribution < 1.29 is 12.6 Å². The summed E-state index contributed by atoms with van der Waals surface area (Å²) in [6, 6.07) is 6.49. The predicted molar refractivity (Wildman–Crippen MR) is 74.4 cm³/mol. The van der Waals surface area contributed by atoms with Crippen molar-refractivity contribution in [1.29, 1.82) is 0 Å². The molecule has 0 radical (unpaired) electrons. The van der Waals surface area contributed by atoms with Gasteiger partial charge in [0.05, 0.1) is 21.6 Å². The summed E-state index contributed by atoms with van der Waals surface area (Å²) < 4.78 is 28.2. The third-order valence-corrected chi connectivity index (χ3v) is 3.71. The fraction of sp³-hybridized carbons (Fsp3) is 0.231. The van der Waals surface area contributed by atoms with Crippen LogP contribution in [-0.2, 0) is 14.3 Å². The maximum absolute atomic E-state index is 11.7. The standard InChI is InChI=1S/C13H14O3SSi/c1-12-6-8-13(9-7-12)17(14,15)16-10-4-2-3-5-11-18/h6-9H,3,10H2,1,18H3. The van der Waals surface area contributed by atoms with Crippen molar-refractivity contribution in [2.24, 2.45) is 0 Å². The zero-order valence-electron chi connectivity index (χ0n) is 10.4. The summed E-state index contributed by atoms with van der Waals surface area (Å²) in [5.74, 6) is 8.16. The second kappa shape index (κ2) is 7.02. The van der Waals surface area contributed by atoms with Crippen LogP contribution < -0.4 is 0 Å². The molecule has 0 bridgehead atoms. The Morgan fingerprint density at radius 1 is 1.17 bits per heavy atom. The molecule has 0 heterocycles. The molecule has 18 heavy (non-hydrogen) atoms. The van der Waals surface area contributed by atoms with Crippen LogP contribution in [0.2, 0.25) is 0 Å². The van der Waals surface area contributed by atoms with E-state index in [1.54, 1.807) is 12.1 Å². The molecule has 0 aliphatic carbocycles. The van der Waals surface area contributed by atoms with Crippen LogP contribution in [0.3, 0.4) is 0 Å². The Bertz CT molecular complexity index is 610. The van der Waals surface area contributed by atoms with Gasteiger partial charge in [0.1, 0.15) is 6.61 Å². The van der Waals surface area contributed by atoms with Gasteiger partial charge in [-0.1, -0.05) is 35.5 Å². The Balaban J connectivity index is 2.61. The molecule has 0 spiro atoms. The Hall–Kier alpha value is -1.53. The molecular formula is C13H14O3SSi. The lowest BCUT2D eigenvalue weighted by Crippen LogP contribution is -2.06. The van der Waals surface area contributed by atoms with Crippen molar-refractivity contribution in [3.63, 3.8) is 0 Å². The predicted octanol–water partition coefficient (Wildman–Crippen LogP) is 0.420. The zero-order chi connectivity index (χ0) is 13.4. The Labute approximate surface area is 111 Å². The van der Waals surface area contributed by atoms with Crippen LogP contribution in [0.25, 0.3) is 0 Å². The van der Waals surface area contributed by atoms with Crippen molar-refractivity contribution >= 4 is 20.4 Å². The van der Waals surface area contributed by atoms with Gasteiger partial charge in [0.25, 0.3) is 10.1 Å². The number of benzene rings is 1. The summed E-state index contributed by atoms with van der Waals surface area (Å²) in [5.41, 5.74) is 3.83. The third-order valence-electron chi connectivity index (χ3n) is 2.07. The molecule has 1 aromatic rings. The van der Waals surface area contributed by atoms with Gasteiger partial charge >= 0.3 is 0 Å². The topological polar surface area (TPSA) is 43.4 Å². The van der Waals surface area contributed by atoms with Gasteiger partial charge < -0.3 is 0 Å². The molecule has 1 rings (SSSR count). The lowest BCUT2D eigenvalue weighted by Gasteiger charge is -2.02. The molecule has 0 aliphatic rings. The molecule has 0 unspecified atom stereocenters. The van der Waals surface area contributed by atoms with Crippen LogP contribution in [0.1, 0.15) is 12.0 Å². The highest BCUT2D eigenvalue weighted by Crippen LogP contribution is 2.12. The SMILES string of the molecule is Cc1ccc(S(=O)(=O)OCC#CCC#C[SiH3])cc1. The lowest BCUT2D eigenvalue weighted by molar-refractivity contribution is 0.363. The number of hydrogen-bond donors (Lipinski definition) is 0. The highest BCUT2D eigenvalue weighted by atomic mass is 32.2. The molecule has 94 valence electrons. The first kappa shape index (κ1) is 14.5. The molecule has 0 saturated heterocycles. The van der Waals surface area contributed by atoms with Crippen LogP contribution in [0.5, 0.6) is 0 Å². The van der Waals surface area contributed by atoms with Crippen LogP contribution in [0.15, 0.2) is 29.2 Å². The summed E-state index contributed by atoms with van der Waals surface area (Å²) in [4.78, 5) is 0.147. The monoisotopic (exact) mass is 278 g/mol. The van der Waals surface area contributed by atoms with Crippen LogP contribution in [0, 0.1) is 30.2 Å². The van der Waals surface area contributed by atoms with E-state index in [2.05, 4.69) is 23.3 Å². The first-order valence-corrected chi connectivity index (χ1v) is 7.78. The minimum absolute atomic E-state index is 0.140. The lowest BCUT2D eigenvalue weighted by atomic mass is 10.2. The fourth-order valence-corrected chi connectivity index (χ4v) is 2.12. The van der Waals surface area contributed by atoms with E-state index in [0.29, 0.717) is 6.42 Å². The molecule has 0 amide bonds. The van der Waals surface area contributed by atoms with Crippen molar-refractivity contribution in [1.82, 2.24) is 0 Å². The summed E-state index contributed by atoms with van der Waals surface area (Å²) in [7, 11) is -2.87. The highest BCUT2D eigenvalue weighted by Gasteiger charge is 2.13. The molecule has 0 aliphatic heterocycles. The quantitative estimate of drug-likeness (QED) is 0.457. The Kier molecular flexibility index (Phi) is 5.67. The van der Waals surface area contributed by atoms with E-state index in [-0.39, 0.29) is 11.5 Å². The van der Waals surface area contributed by atoms with E-state index in [1.165, 1.54) is 12.1 Å². The first-order valence-electron chi connectivity index (χ1n) is 5.37. The Morgan fingerprint density at radius 2 is 1.83 bits per heavy atom. The van der Waals surface area contributed by atoms with E-state index >= 15 is 0 Å². The van der Waals surface area contributed by atoms with Gasteiger partial charge in [0, 0.05) is 0 Å². The molecule has 0 atom stereocenters. The van der Waals surface area contributed by atoms with E-state index in [9.17, 15) is 8.42 Å². The fourth-order valence-electron chi connectivity index (χ4n) is 1.13. The number of hydrogen-bond acceptors (Lipinski definition) is 3. The molecule has 0 saturated carbocycles. The van der Waals surface area contributed by atoms with Crippen LogP contribution in [0.4, 0.5) is 0 Å². The van der Waals surface area contributed by atoms with Gasteiger partial charge in [-0.25, -0.2) is 0 Å². The first-order chi connectivity index (χ1) is 8.56. The number of aryl methyl sites for hydroxylation is 1. The number of rotatable bonds is 3.